The molecular formula is C18H12Cl2N4O. The maximum Gasteiger partial charge on any atom is 0.222 e. The first-order chi connectivity index (χ1) is 12.2. The third-order valence-electron chi connectivity index (χ3n) is 3.57. The first-order valence-corrected chi connectivity index (χ1v) is 8.24. The van der Waals surface area contributed by atoms with Gasteiger partial charge in [-0.3, -0.25) is 0 Å². The van der Waals surface area contributed by atoms with E-state index in [-0.39, 0.29) is 0 Å². The number of aromatic amines is 1. The fraction of sp³-hybridized carbons (Fsp3) is 0. The van der Waals surface area contributed by atoms with Crippen molar-refractivity contribution in [2.24, 2.45) is 5.10 Å². The molecule has 0 fully saturated rings. The topological polar surface area (TPSA) is 66.2 Å². The quantitative estimate of drug-likeness (QED) is 0.364. The molecule has 25 heavy (non-hydrogen) atoms. The van der Waals surface area contributed by atoms with E-state index in [4.69, 9.17) is 27.6 Å². The van der Waals surface area contributed by atoms with Gasteiger partial charge in [0.1, 0.15) is 11.5 Å². The maximum atomic E-state index is 6.19. The number of imidazole rings is 1. The molecule has 4 aromatic rings. The molecule has 0 aliphatic heterocycles. The number of halogens is 2. The molecule has 0 amide bonds. The smallest absolute Gasteiger partial charge is 0.222 e. The fourth-order valence-corrected chi connectivity index (χ4v) is 2.80. The minimum absolute atomic E-state index is 0.558. The summed E-state index contributed by atoms with van der Waals surface area (Å²) in [6, 6.07) is 16.6. The van der Waals surface area contributed by atoms with Gasteiger partial charge in [-0.05, 0) is 42.5 Å². The Morgan fingerprint density at radius 2 is 1.96 bits per heavy atom. The second kappa shape index (κ2) is 6.63. The third kappa shape index (κ3) is 3.38. The minimum atomic E-state index is 0.558. The number of hydrogen-bond acceptors (Lipinski definition) is 4. The van der Waals surface area contributed by atoms with E-state index in [0.717, 1.165) is 16.6 Å². The number of anilines is 1. The second-order valence-electron chi connectivity index (χ2n) is 5.30. The van der Waals surface area contributed by atoms with E-state index in [2.05, 4.69) is 20.5 Å². The SMILES string of the molecule is Clc1ccc(Cl)c(-c2ccc(C=NNc3nc4ccccc4[nH]3)o2)c1. The Hall–Kier alpha value is -2.76. The summed E-state index contributed by atoms with van der Waals surface area (Å²) in [5.74, 6) is 1.76. The number of aromatic nitrogens is 2. The van der Waals surface area contributed by atoms with Crippen LogP contribution in [-0.2, 0) is 0 Å². The molecule has 2 heterocycles. The number of fused-ring (bicyclic) bond motifs is 1. The highest BCUT2D eigenvalue weighted by molar-refractivity contribution is 6.35. The summed E-state index contributed by atoms with van der Waals surface area (Å²) in [5.41, 5.74) is 5.40. The number of nitrogens with zero attached hydrogens (tertiary/aromatic N) is 2. The molecule has 0 aliphatic rings. The van der Waals surface area contributed by atoms with Gasteiger partial charge < -0.3 is 9.40 Å². The summed E-state index contributed by atoms with van der Waals surface area (Å²) >= 11 is 12.2. The second-order valence-corrected chi connectivity index (χ2v) is 6.14. The molecule has 0 bridgehead atoms. The van der Waals surface area contributed by atoms with Crippen molar-refractivity contribution in [3.8, 4) is 11.3 Å². The number of hydrazone groups is 1. The van der Waals surface area contributed by atoms with Gasteiger partial charge in [-0.2, -0.15) is 5.10 Å². The number of H-pyrrole nitrogens is 1. The van der Waals surface area contributed by atoms with Crippen molar-refractivity contribution in [1.29, 1.82) is 0 Å². The van der Waals surface area contributed by atoms with Crippen LogP contribution in [0.25, 0.3) is 22.4 Å². The van der Waals surface area contributed by atoms with Crippen LogP contribution in [0.4, 0.5) is 5.95 Å². The Morgan fingerprint density at radius 1 is 1.08 bits per heavy atom. The summed E-state index contributed by atoms with van der Waals surface area (Å²) in [7, 11) is 0. The first kappa shape index (κ1) is 15.7. The van der Waals surface area contributed by atoms with Crippen LogP contribution in [0.2, 0.25) is 10.0 Å². The van der Waals surface area contributed by atoms with Crippen molar-refractivity contribution in [2.45, 2.75) is 0 Å². The monoisotopic (exact) mass is 370 g/mol. The van der Waals surface area contributed by atoms with Gasteiger partial charge in [-0.15, -0.1) is 0 Å². The Labute approximate surface area is 153 Å². The number of rotatable bonds is 4. The first-order valence-electron chi connectivity index (χ1n) is 7.48. The summed E-state index contributed by atoms with van der Waals surface area (Å²) in [6.45, 7) is 0. The zero-order chi connectivity index (χ0) is 17.2. The van der Waals surface area contributed by atoms with Crippen LogP contribution in [-0.4, -0.2) is 16.2 Å². The molecule has 0 unspecified atom stereocenters. The molecule has 0 saturated heterocycles. The van der Waals surface area contributed by atoms with Gasteiger partial charge in [0, 0.05) is 10.6 Å². The predicted octanol–water partition coefficient (Wildman–Crippen LogP) is 5.58. The summed E-state index contributed by atoms with van der Waals surface area (Å²) in [5, 5.41) is 5.30. The maximum absolute atomic E-state index is 6.19. The molecule has 0 saturated carbocycles. The van der Waals surface area contributed by atoms with E-state index < -0.39 is 0 Å². The van der Waals surface area contributed by atoms with Gasteiger partial charge in [0.05, 0.1) is 22.3 Å². The Balaban J connectivity index is 1.50. The summed E-state index contributed by atoms with van der Waals surface area (Å²) in [4.78, 5) is 7.50. The molecule has 2 N–H and O–H groups in total. The molecule has 5 nitrogen and oxygen atoms in total. The molecule has 4 rings (SSSR count). The largest absolute Gasteiger partial charge is 0.455 e. The molecule has 2 aromatic carbocycles. The van der Waals surface area contributed by atoms with Crippen molar-refractivity contribution in [1.82, 2.24) is 9.97 Å². The zero-order valence-corrected chi connectivity index (χ0v) is 14.3. The lowest BCUT2D eigenvalue weighted by Crippen LogP contribution is -1.91. The van der Waals surface area contributed by atoms with E-state index in [0.29, 0.717) is 27.5 Å². The lowest BCUT2D eigenvalue weighted by Gasteiger charge is -2.00. The lowest BCUT2D eigenvalue weighted by atomic mass is 10.2. The lowest BCUT2D eigenvalue weighted by molar-refractivity contribution is 0.575. The molecule has 7 heteroatoms. The molecule has 0 radical (unpaired) electrons. The van der Waals surface area contributed by atoms with Gasteiger partial charge >= 0.3 is 0 Å². The van der Waals surface area contributed by atoms with Gasteiger partial charge in [0.15, 0.2) is 0 Å². The predicted molar refractivity (Wildman–Crippen MR) is 101 cm³/mol. The Kier molecular flexibility index (Phi) is 4.17. The van der Waals surface area contributed by atoms with Crippen LogP contribution in [0.5, 0.6) is 0 Å². The molecule has 124 valence electrons. The number of para-hydroxylation sites is 2. The summed E-state index contributed by atoms with van der Waals surface area (Å²) in [6.07, 6.45) is 1.56. The molecule has 0 aliphatic carbocycles. The van der Waals surface area contributed by atoms with Crippen molar-refractivity contribution >= 4 is 46.4 Å². The van der Waals surface area contributed by atoms with Crippen LogP contribution in [0.15, 0.2) is 64.1 Å². The van der Waals surface area contributed by atoms with E-state index in [1.807, 2.05) is 30.3 Å². The van der Waals surface area contributed by atoms with Crippen LogP contribution < -0.4 is 5.43 Å². The van der Waals surface area contributed by atoms with Gasteiger partial charge in [0.25, 0.3) is 0 Å². The van der Waals surface area contributed by atoms with E-state index >= 15 is 0 Å². The summed E-state index contributed by atoms with van der Waals surface area (Å²) < 4.78 is 5.74. The van der Waals surface area contributed by atoms with Gasteiger partial charge in [-0.1, -0.05) is 35.3 Å². The van der Waals surface area contributed by atoms with Crippen molar-refractivity contribution in [3.05, 3.63) is 70.4 Å². The van der Waals surface area contributed by atoms with E-state index in [1.54, 1.807) is 30.5 Å². The number of benzene rings is 2. The highest BCUT2D eigenvalue weighted by atomic mass is 35.5. The van der Waals surface area contributed by atoms with E-state index in [1.165, 1.54) is 0 Å². The Morgan fingerprint density at radius 3 is 2.84 bits per heavy atom. The van der Waals surface area contributed by atoms with Gasteiger partial charge in [-0.25, -0.2) is 10.4 Å². The molecule has 2 aromatic heterocycles. The Bertz CT molecular complexity index is 1030. The standard InChI is InChI=1S/C18H12Cl2N4O/c19-11-5-7-14(20)13(9-11)17-8-6-12(25-17)10-21-24-18-22-15-3-1-2-4-16(15)23-18/h1-10H,(H2,22,23,24). The van der Waals surface area contributed by atoms with Crippen molar-refractivity contribution in [3.63, 3.8) is 0 Å². The highest BCUT2D eigenvalue weighted by Gasteiger charge is 2.09. The number of nitrogens with one attached hydrogen (secondary N) is 2. The van der Waals surface area contributed by atoms with Crippen LogP contribution in [0, 0.1) is 0 Å². The van der Waals surface area contributed by atoms with Crippen LogP contribution >= 0.6 is 23.2 Å². The normalized spacial score (nSPS) is 11.4. The minimum Gasteiger partial charge on any atom is -0.455 e. The molecular weight excluding hydrogens is 359 g/mol. The zero-order valence-electron chi connectivity index (χ0n) is 12.8. The average Bonchev–Trinajstić information content (AvgIpc) is 3.23. The number of hydrogen-bond donors (Lipinski definition) is 2. The fourth-order valence-electron chi connectivity index (χ4n) is 2.42. The van der Waals surface area contributed by atoms with Crippen molar-refractivity contribution < 1.29 is 4.42 Å². The average molecular weight is 371 g/mol. The van der Waals surface area contributed by atoms with Crippen molar-refractivity contribution in [2.75, 3.05) is 5.43 Å². The van der Waals surface area contributed by atoms with Crippen LogP contribution in [0.1, 0.15) is 5.76 Å². The van der Waals surface area contributed by atoms with E-state index in [9.17, 15) is 0 Å². The number of furan rings is 1. The molecule has 0 atom stereocenters. The van der Waals surface area contributed by atoms with Gasteiger partial charge in [0.2, 0.25) is 5.95 Å². The third-order valence-corrected chi connectivity index (χ3v) is 4.14. The molecule has 0 spiro atoms. The van der Waals surface area contributed by atoms with Crippen LogP contribution in [0.3, 0.4) is 0 Å². The highest BCUT2D eigenvalue weighted by Crippen LogP contribution is 2.31.